The summed E-state index contributed by atoms with van der Waals surface area (Å²) >= 11 is 0. The van der Waals surface area contributed by atoms with Crippen molar-refractivity contribution in [3.05, 3.63) is 59.5 Å². The van der Waals surface area contributed by atoms with Crippen molar-refractivity contribution in [3.63, 3.8) is 0 Å². The average molecular weight is 348 g/mol. The number of carbonyl (C=O) groups excluding carboxylic acids is 1. The third kappa shape index (κ3) is 3.15. The zero-order chi connectivity index (χ0) is 17.9. The Morgan fingerprint density at radius 2 is 2.27 bits per heavy atom. The molecule has 0 atom stereocenters. The molecule has 3 aromatic rings. The first-order valence-electron chi connectivity index (χ1n) is 8.72. The predicted molar refractivity (Wildman–Crippen MR) is 98.7 cm³/mol. The minimum absolute atomic E-state index is 0.0153. The van der Waals surface area contributed by atoms with Gasteiger partial charge in [0.25, 0.3) is 5.91 Å². The molecule has 3 heterocycles. The second-order valence-electron chi connectivity index (χ2n) is 6.23. The molecule has 7 heteroatoms. The van der Waals surface area contributed by atoms with Gasteiger partial charge in [0, 0.05) is 54.6 Å². The molecule has 1 amide bonds. The van der Waals surface area contributed by atoms with E-state index in [1.165, 1.54) is 0 Å². The molecule has 4 rings (SSSR count). The number of nitrogens with zero attached hydrogens (tertiary/aromatic N) is 4. The minimum atomic E-state index is 0.0153. The number of aromatic nitrogens is 4. The molecule has 1 aromatic carbocycles. The molecule has 2 N–H and O–H groups in total. The molecule has 0 radical (unpaired) electrons. The molecular weight excluding hydrogens is 328 g/mol. The predicted octanol–water partition coefficient (Wildman–Crippen LogP) is 2.50. The molecule has 0 fully saturated rings. The fraction of sp³-hybridized carbons (Fsp3) is 0.263. The van der Waals surface area contributed by atoms with Gasteiger partial charge in [-0.2, -0.15) is 5.10 Å². The van der Waals surface area contributed by atoms with E-state index in [9.17, 15) is 4.79 Å². The first-order chi connectivity index (χ1) is 12.7. The van der Waals surface area contributed by atoms with Crippen LogP contribution in [-0.2, 0) is 13.0 Å². The summed E-state index contributed by atoms with van der Waals surface area (Å²) < 4.78 is 0. The van der Waals surface area contributed by atoms with Gasteiger partial charge in [-0.1, -0.05) is 12.1 Å². The number of fused-ring (bicyclic) bond motifs is 1. The smallest absolute Gasteiger partial charge is 0.254 e. The molecule has 1 aliphatic heterocycles. The fourth-order valence-electron chi connectivity index (χ4n) is 3.15. The number of nitrogens with one attached hydrogen (secondary N) is 2. The van der Waals surface area contributed by atoms with Crippen molar-refractivity contribution in [2.75, 3.05) is 18.4 Å². The summed E-state index contributed by atoms with van der Waals surface area (Å²) in [5, 5.41) is 10.2. The van der Waals surface area contributed by atoms with Crippen LogP contribution in [0.25, 0.3) is 11.4 Å². The Kier molecular flexibility index (Phi) is 4.35. The SMILES string of the molecule is CCNc1ccnc(-c2cccc(C(=O)N3CCc4[nH]ncc4C3)c2)n1. The first-order valence-corrected chi connectivity index (χ1v) is 8.72. The Hall–Kier alpha value is -3.22. The molecule has 7 nitrogen and oxygen atoms in total. The summed E-state index contributed by atoms with van der Waals surface area (Å²) in [5.41, 5.74) is 3.68. The number of H-pyrrole nitrogens is 1. The van der Waals surface area contributed by atoms with Crippen molar-refractivity contribution in [1.82, 2.24) is 25.1 Å². The van der Waals surface area contributed by atoms with Gasteiger partial charge in [0.15, 0.2) is 5.82 Å². The standard InChI is InChI=1S/C19H20N6O/c1-2-20-17-6-8-21-18(23-17)13-4-3-5-14(10-13)19(26)25-9-7-16-15(12-25)11-22-24-16/h3-6,8,10-11H,2,7,9,12H2,1H3,(H,22,24)(H,20,21,23). The van der Waals surface area contributed by atoms with Gasteiger partial charge in [0.2, 0.25) is 0 Å². The zero-order valence-corrected chi connectivity index (χ0v) is 14.6. The monoisotopic (exact) mass is 348 g/mol. The van der Waals surface area contributed by atoms with Gasteiger partial charge < -0.3 is 10.2 Å². The van der Waals surface area contributed by atoms with Crippen molar-refractivity contribution in [3.8, 4) is 11.4 Å². The van der Waals surface area contributed by atoms with E-state index >= 15 is 0 Å². The topological polar surface area (TPSA) is 86.8 Å². The third-order valence-electron chi connectivity index (χ3n) is 4.47. The number of hydrogen-bond donors (Lipinski definition) is 2. The van der Waals surface area contributed by atoms with Crippen molar-refractivity contribution < 1.29 is 4.79 Å². The summed E-state index contributed by atoms with van der Waals surface area (Å²) in [6.07, 6.45) is 4.32. The largest absolute Gasteiger partial charge is 0.370 e. The zero-order valence-electron chi connectivity index (χ0n) is 14.6. The Morgan fingerprint density at radius 1 is 1.35 bits per heavy atom. The number of amides is 1. The van der Waals surface area contributed by atoms with Gasteiger partial charge in [0.05, 0.1) is 6.20 Å². The average Bonchev–Trinajstić information content (AvgIpc) is 3.16. The van der Waals surface area contributed by atoms with Crippen LogP contribution in [0.15, 0.2) is 42.7 Å². The molecule has 2 aromatic heterocycles. The normalized spacial score (nSPS) is 13.3. The van der Waals surface area contributed by atoms with Crippen LogP contribution in [0, 0.1) is 0 Å². The van der Waals surface area contributed by atoms with E-state index < -0.39 is 0 Å². The van der Waals surface area contributed by atoms with E-state index in [0.717, 1.165) is 35.6 Å². The first kappa shape index (κ1) is 16.3. The highest BCUT2D eigenvalue weighted by Gasteiger charge is 2.23. The van der Waals surface area contributed by atoms with E-state index in [1.54, 1.807) is 12.4 Å². The summed E-state index contributed by atoms with van der Waals surface area (Å²) in [7, 11) is 0. The number of rotatable bonds is 4. The summed E-state index contributed by atoms with van der Waals surface area (Å²) in [6.45, 7) is 4.08. The maximum atomic E-state index is 12.9. The quantitative estimate of drug-likeness (QED) is 0.756. The summed E-state index contributed by atoms with van der Waals surface area (Å²) in [6, 6.07) is 9.33. The van der Waals surface area contributed by atoms with Crippen molar-refractivity contribution in [2.45, 2.75) is 19.9 Å². The molecule has 132 valence electrons. The number of anilines is 1. The van der Waals surface area contributed by atoms with Crippen LogP contribution in [0.3, 0.4) is 0 Å². The fourth-order valence-corrected chi connectivity index (χ4v) is 3.15. The van der Waals surface area contributed by atoms with Gasteiger partial charge in [-0.3, -0.25) is 9.89 Å². The molecule has 26 heavy (non-hydrogen) atoms. The van der Waals surface area contributed by atoms with E-state index in [1.807, 2.05) is 42.2 Å². The lowest BCUT2D eigenvalue weighted by molar-refractivity contribution is 0.0734. The van der Waals surface area contributed by atoms with E-state index in [4.69, 9.17) is 0 Å². The minimum Gasteiger partial charge on any atom is -0.370 e. The van der Waals surface area contributed by atoms with Crippen molar-refractivity contribution in [2.24, 2.45) is 0 Å². The molecular formula is C19H20N6O. The highest BCUT2D eigenvalue weighted by Crippen LogP contribution is 2.22. The number of benzene rings is 1. The third-order valence-corrected chi connectivity index (χ3v) is 4.47. The van der Waals surface area contributed by atoms with Gasteiger partial charge >= 0.3 is 0 Å². The van der Waals surface area contributed by atoms with Gasteiger partial charge in [-0.05, 0) is 25.1 Å². The lowest BCUT2D eigenvalue weighted by Gasteiger charge is -2.26. The van der Waals surface area contributed by atoms with Crippen LogP contribution in [0.1, 0.15) is 28.5 Å². The van der Waals surface area contributed by atoms with Crippen molar-refractivity contribution in [1.29, 1.82) is 0 Å². The van der Waals surface area contributed by atoms with Crippen LogP contribution in [0.2, 0.25) is 0 Å². The van der Waals surface area contributed by atoms with Crippen LogP contribution in [0.4, 0.5) is 5.82 Å². The van der Waals surface area contributed by atoms with Crippen molar-refractivity contribution >= 4 is 11.7 Å². The number of aromatic amines is 1. The van der Waals surface area contributed by atoms with Crippen LogP contribution < -0.4 is 5.32 Å². The summed E-state index contributed by atoms with van der Waals surface area (Å²) in [4.78, 5) is 23.6. The van der Waals surface area contributed by atoms with Gasteiger partial charge in [-0.25, -0.2) is 9.97 Å². The lowest BCUT2D eigenvalue weighted by Crippen LogP contribution is -2.35. The molecule has 1 aliphatic rings. The van der Waals surface area contributed by atoms with Crippen LogP contribution >= 0.6 is 0 Å². The maximum absolute atomic E-state index is 12.9. The molecule has 0 unspecified atom stereocenters. The second-order valence-corrected chi connectivity index (χ2v) is 6.23. The van der Waals surface area contributed by atoms with E-state index in [2.05, 4.69) is 25.5 Å². The molecule has 0 spiro atoms. The highest BCUT2D eigenvalue weighted by molar-refractivity contribution is 5.95. The van der Waals surface area contributed by atoms with E-state index in [0.29, 0.717) is 24.5 Å². The molecule has 0 bridgehead atoms. The lowest BCUT2D eigenvalue weighted by atomic mass is 10.1. The van der Waals surface area contributed by atoms with E-state index in [-0.39, 0.29) is 5.91 Å². The summed E-state index contributed by atoms with van der Waals surface area (Å²) in [5.74, 6) is 1.40. The number of hydrogen-bond acceptors (Lipinski definition) is 5. The number of carbonyl (C=O) groups is 1. The molecule has 0 saturated heterocycles. The Bertz CT molecular complexity index is 935. The maximum Gasteiger partial charge on any atom is 0.254 e. The Labute approximate surface area is 151 Å². The Morgan fingerprint density at radius 3 is 3.15 bits per heavy atom. The highest BCUT2D eigenvalue weighted by atomic mass is 16.2. The van der Waals surface area contributed by atoms with Crippen LogP contribution in [0.5, 0.6) is 0 Å². The van der Waals surface area contributed by atoms with Crippen LogP contribution in [-0.4, -0.2) is 44.1 Å². The molecule has 0 saturated carbocycles. The van der Waals surface area contributed by atoms with Gasteiger partial charge in [0.1, 0.15) is 5.82 Å². The van der Waals surface area contributed by atoms with Gasteiger partial charge in [-0.15, -0.1) is 0 Å². The molecule has 0 aliphatic carbocycles. The Balaban J connectivity index is 1.58. The second kappa shape index (κ2) is 6.95.